The molecule has 1 spiro atoms. The zero-order valence-corrected chi connectivity index (χ0v) is 13.6. The normalized spacial score (nSPS) is 36.6. The summed E-state index contributed by atoms with van der Waals surface area (Å²) >= 11 is 0. The molecule has 3 nitrogen and oxygen atoms in total. The smallest absolute Gasteiger partial charge is 0.423 e. The topological polar surface area (TPSA) is 35.5 Å². The number of ether oxygens (including phenoxy) is 2. The van der Waals surface area contributed by atoms with E-state index in [1.807, 2.05) is 0 Å². The number of hydrogen-bond acceptors (Lipinski definition) is 3. The second-order valence-corrected chi connectivity index (χ2v) is 7.37. The standard InChI is InChI=1S/C16H20F6O3/c1-8(23)25-12-7-11-6-10-5-9(14(10,11)12)3-2-4-24-13(15(17,18)19)16(20,21)22/h9-13H,2-7H2,1H3. The number of hydrogen-bond donors (Lipinski definition) is 0. The van der Waals surface area contributed by atoms with Crippen molar-refractivity contribution >= 4 is 5.97 Å². The van der Waals surface area contributed by atoms with Crippen LogP contribution in [0.4, 0.5) is 26.3 Å². The Bertz CT molecular complexity index is 511. The summed E-state index contributed by atoms with van der Waals surface area (Å²) in [5.74, 6) is 0.781. The molecule has 0 bridgehead atoms. The Hall–Kier alpha value is -0.990. The van der Waals surface area contributed by atoms with Gasteiger partial charge in [0, 0.05) is 18.9 Å². The molecule has 0 saturated heterocycles. The molecule has 144 valence electrons. The molecule has 3 rings (SSSR count). The Morgan fingerprint density at radius 1 is 1.08 bits per heavy atom. The average Bonchev–Trinajstić information content (AvgIpc) is 2.38. The molecule has 5 atom stereocenters. The maximum Gasteiger partial charge on any atom is 0.423 e. The minimum atomic E-state index is -5.47. The number of alkyl halides is 6. The van der Waals surface area contributed by atoms with Crippen LogP contribution in [0.5, 0.6) is 0 Å². The van der Waals surface area contributed by atoms with Gasteiger partial charge in [0.25, 0.3) is 0 Å². The molecule has 25 heavy (non-hydrogen) atoms. The van der Waals surface area contributed by atoms with E-state index in [-0.39, 0.29) is 29.8 Å². The van der Waals surface area contributed by atoms with Crippen molar-refractivity contribution in [1.29, 1.82) is 0 Å². The average molecular weight is 374 g/mol. The van der Waals surface area contributed by atoms with E-state index in [1.54, 1.807) is 0 Å². The summed E-state index contributed by atoms with van der Waals surface area (Å²) in [7, 11) is 0. The third kappa shape index (κ3) is 3.02. The molecule has 3 aliphatic rings. The monoisotopic (exact) mass is 374 g/mol. The molecule has 0 aromatic carbocycles. The van der Waals surface area contributed by atoms with Crippen molar-refractivity contribution in [3.05, 3.63) is 0 Å². The third-order valence-corrected chi connectivity index (χ3v) is 6.20. The van der Waals surface area contributed by atoms with E-state index in [0.717, 1.165) is 19.3 Å². The van der Waals surface area contributed by atoms with Crippen molar-refractivity contribution in [2.24, 2.45) is 23.2 Å². The zero-order chi connectivity index (χ0) is 18.6. The van der Waals surface area contributed by atoms with E-state index < -0.39 is 25.1 Å². The minimum Gasteiger partial charge on any atom is -0.462 e. The summed E-state index contributed by atoms with van der Waals surface area (Å²) in [6, 6.07) is 0. The molecule has 0 aromatic rings. The Morgan fingerprint density at radius 3 is 2.16 bits per heavy atom. The molecular weight excluding hydrogens is 354 g/mol. The number of esters is 1. The van der Waals surface area contributed by atoms with Crippen LogP contribution < -0.4 is 0 Å². The molecule has 9 heteroatoms. The first-order chi connectivity index (χ1) is 11.5. The van der Waals surface area contributed by atoms with Gasteiger partial charge < -0.3 is 9.47 Å². The first-order valence-corrected chi connectivity index (χ1v) is 8.39. The Morgan fingerprint density at radius 2 is 1.68 bits per heavy atom. The Kier molecular flexibility index (Phi) is 4.53. The van der Waals surface area contributed by atoms with E-state index in [9.17, 15) is 31.1 Å². The summed E-state index contributed by atoms with van der Waals surface area (Å²) in [6.45, 7) is 0.747. The maximum atomic E-state index is 12.4. The van der Waals surface area contributed by atoms with Crippen LogP contribution in [0.1, 0.15) is 39.0 Å². The van der Waals surface area contributed by atoms with Crippen molar-refractivity contribution in [1.82, 2.24) is 0 Å². The van der Waals surface area contributed by atoms with Gasteiger partial charge in [0.2, 0.25) is 6.10 Å². The van der Waals surface area contributed by atoms with Crippen molar-refractivity contribution < 1.29 is 40.6 Å². The highest BCUT2D eigenvalue weighted by Gasteiger charge is 2.76. The molecule has 5 unspecified atom stereocenters. The molecule has 0 radical (unpaired) electrons. The van der Waals surface area contributed by atoms with Gasteiger partial charge in [0.05, 0.1) is 0 Å². The predicted octanol–water partition coefficient (Wildman–Crippen LogP) is 4.25. The van der Waals surface area contributed by atoms with Crippen LogP contribution in [0.25, 0.3) is 0 Å². The molecule has 3 fully saturated rings. The molecule has 3 saturated carbocycles. The number of carbonyl (C=O) groups excluding carboxylic acids is 1. The molecule has 0 aromatic heterocycles. The number of carbonyl (C=O) groups is 1. The molecule has 0 N–H and O–H groups in total. The van der Waals surface area contributed by atoms with Crippen LogP contribution in [0, 0.1) is 23.2 Å². The van der Waals surface area contributed by atoms with Gasteiger partial charge in [-0.15, -0.1) is 0 Å². The second kappa shape index (κ2) is 6.03. The van der Waals surface area contributed by atoms with Gasteiger partial charge in [-0.25, -0.2) is 0 Å². The summed E-state index contributed by atoms with van der Waals surface area (Å²) in [5.41, 5.74) is -0.0703. The van der Waals surface area contributed by atoms with Gasteiger partial charge >= 0.3 is 18.3 Å². The fraction of sp³-hybridized carbons (Fsp3) is 0.938. The molecule has 0 aliphatic heterocycles. The maximum absolute atomic E-state index is 12.4. The number of halogens is 6. The van der Waals surface area contributed by atoms with E-state index >= 15 is 0 Å². The summed E-state index contributed by atoms with van der Waals surface area (Å²) < 4.78 is 83.9. The van der Waals surface area contributed by atoms with Gasteiger partial charge in [-0.05, 0) is 49.9 Å². The van der Waals surface area contributed by atoms with Crippen LogP contribution in [0.2, 0.25) is 0 Å². The molecular formula is C16H20F6O3. The van der Waals surface area contributed by atoms with Crippen LogP contribution in [-0.2, 0) is 14.3 Å². The highest BCUT2D eigenvalue weighted by Crippen LogP contribution is 2.78. The molecule has 3 aliphatic carbocycles. The van der Waals surface area contributed by atoms with E-state index in [0.29, 0.717) is 18.3 Å². The third-order valence-electron chi connectivity index (χ3n) is 6.20. The van der Waals surface area contributed by atoms with Gasteiger partial charge in [0.15, 0.2) is 0 Å². The number of rotatable bonds is 6. The van der Waals surface area contributed by atoms with E-state index in [1.165, 1.54) is 6.92 Å². The highest BCUT2D eigenvalue weighted by atomic mass is 19.4. The summed E-state index contributed by atoms with van der Waals surface area (Å²) in [4.78, 5) is 11.2. The molecule has 0 amide bonds. The van der Waals surface area contributed by atoms with Crippen molar-refractivity contribution in [3.63, 3.8) is 0 Å². The van der Waals surface area contributed by atoms with Gasteiger partial charge in [-0.1, -0.05) is 0 Å². The van der Waals surface area contributed by atoms with Crippen LogP contribution in [0.15, 0.2) is 0 Å². The highest BCUT2D eigenvalue weighted by molar-refractivity contribution is 5.66. The van der Waals surface area contributed by atoms with Gasteiger partial charge in [-0.2, -0.15) is 26.3 Å². The first kappa shape index (κ1) is 18.8. The minimum absolute atomic E-state index is 0.0703. The van der Waals surface area contributed by atoms with Crippen molar-refractivity contribution in [2.75, 3.05) is 6.61 Å². The lowest BCUT2D eigenvalue weighted by atomic mass is 9.28. The lowest BCUT2D eigenvalue weighted by Crippen LogP contribution is -2.76. The predicted molar refractivity (Wildman–Crippen MR) is 73.4 cm³/mol. The lowest BCUT2D eigenvalue weighted by Gasteiger charge is -2.77. The van der Waals surface area contributed by atoms with Crippen LogP contribution in [0.3, 0.4) is 0 Å². The SMILES string of the molecule is CC(=O)OC1CC2CC3CC(CCCOC(C(F)(F)F)C(F)(F)F)C321. The van der Waals surface area contributed by atoms with Crippen LogP contribution in [-0.4, -0.2) is 37.1 Å². The fourth-order valence-corrected chi connectivity index (χ4v) is 5.29. The van der Waals surface area contributed by atoms with Crippen LogP contribution >= 0.6 is 0 Å². The first-order valence-electron chi connectivity index (χ1n) is 8.39. The van der Waals surface area contributed by atoms with Crippen molar-refractivity contribution in [3.8, 4) is 0 Å². The van der Waals surface area contributed by atoms with Gasteiger partial charge in [-0.3, -0.25) is 4.79 Å². The largest absolute Gasteiger partial charge is 0.462 e. The van der Waals surface area contributed by atoms with Crippen molar-refractivity contribution in [2.45, 2.75) is 63.6 Å². The quantitative estimate of drug-likeness (QED) is 0.396. The Labute approximate surface area is 141 Å². The lowest BCUT2D eigenvalue weighted by molar-refractivity contribution is -0.332. The van der Waals surface area contributed by atoms with Gasteiger partial charge in [0.1, 0.15) is 6.10 Å². The summed E-state index contributed by atoms with van der Waals surface area (Å²) in [6.07, 6.45) is -11.4. The molecule has 0 heterocycles. The summed E-state index contributed by atoms with van der Waals surface area (Å²) in [5, 5.41) is 0. The fourth-order valence-electron chi connectivity index (χ4n) is 5.29. The zero-order valence-electron chi connectivity index (χ0n) is 13.6. The van der Waals surface area contributed by atoms with E-state index in [4.69, 9.17) is 4.74 Å². The Balaban J connectivity index is 1.48. The van der Waals surface area contributed by atoms with E-state index in [2.05, 4.69) is 4.74 Å². The second-order valence-electron chi connectivity index (χ2n) is 7.37.